The number of carboxylic acids is 2. The van der Waals surface area contributed by atoms with E-state index in [-0.39, 0.29) is 0 Å². The molecule has 2 rings (SSSR count). The van der Waals surface area contributed by atoms with E-state index in [0.717, 1.165) is 41.4 Å². The van der Waals surface area contributed by atoms with Crippen molar-refractivity contribution in [3.63, 3.8) is 0 Å². The number of nitrogens with one attached hydrogen (secondary N) is 1. The van der Waals surface area contributed by atoms with Crippen molar-refractivity contribution in [2.45, 2.75) is 26.7 Å². The average molecular weight is 320 g/mol. The number of ether oxygens (including phenoxy) is 1. The van der Waals surface area contributed by atoms with Crippen LogP contribution in [0.25, 0.3) is 11.4 Å². The zero-order valence-electron chi connectivity index (χ0n) is 13.3. The van der Waals surface area contributed by atoms with Gasteiger partial charge in [0.25, 0.3) is 0 Å². The highest BCUT2D eigenvalue weighted by atomic mass is 16.5. The lowest BCUT2D eigenvalue weighted by Gasteiger charge is -2.04. The summed E-state index contributed by atoms with van der Waals surface area (Å²) >= 11 is 0. The number of nitrogens with zero attached hydrogens (tertiary/aromatic N) is 1. The molecule has 0 atom stereocenters. The maximum absolute atomic E-state index is 9.10. The molecular formula is C16H20N2O5. The molecule has 0 aliphatic heterocycles. The second-order valence-electron chi connectivity index (χ2n) is 4.72. The van der Waals surface area contributed by atoms with Crippen molar-refractivity contribution >= 4 is 11.9 Å². The minimum atomic E-state index is -1.82. The Morgan fingerprint density at radius 1 is 1.22 bits per heavy atom. The quantitative estimate of drug-likeness (QED) is 0.746. The van der Waals surface area contributed by atoms with Crippen molar-refractivity contribution in [3.8, 4) is 17.1 Å². The predicted molar refractivity (Wildman–Crippen MR) is 84.6 cm³/mol. The standard InChI is InChI=1S/C14H18N2O.C2H2O4/c1-4-7-12-10(2)15-14(16-12)11-8-5-6-9-13(11)17-3;3-1(4)2(5)6/h5-6,8-9H,4,7H2,1-3H3,(H,15,16);(H,3,4)(H,5,6). The van der Waals surface area contributed by atoms with Crippen molar-refractivity contribution in [3.05, 3.63) is 35.7 Å². The van der Waals surface area contributed by atoms with Crippen LogP contribution in [-0.4, -0.2) is 39.2 Å². The van der Waals surface area contributed by atoms with Crippen LogP contribution in [-0.2, 0) is 16.0 Å². The highest BCUT2D eigenvalue weighted by Gasteiger charge is 2.11. The zero-order chi connectivity index (χ0) is 17.4. The minimum absolute atomic E-state index is 0.851. The van der Waals surface area contributed by atoms with E-state index >= 15 is 0 Å². The number of imidazole rings is 1. The third-order valence-corrected chi connectivity index (χ3v) is 3.02. The van der Waals surface area contributed by atoms with E-state index in [4.69, 9.17) is 24.5 Å². The maximum Gasteiger partial charge on any atom is 0.414 e. The van der Waals surface area contributed by atoms with Gasteiger partial charge in [-0.05, 0) is 25.5 Å². The summed E-state index contributed by atoms with van der Waals surface area (Å²) in [5.41, 5.74) is 3.31. The molecule has 1 heterocycles. The normalized spacial score (nSPS) is 9.70. The van der Waals surface area contributed by atoms with Crippen LogP contribution in [0.5, 0.6) is 5.75 Å². The summed E-state index contributed by atoms with van der Waals surface area (Å²) in [6, 6.07) is 7.93. The van der Waals surface area contributed by atoms with Crippen LogP contribution in [0, 0.1) is 6.92 Å². The highest BCUT2D eigenvalue weighted by Crippen LogP contribution is 2.28. The highest BCUT2D eigenvalue weighted by molar-refractivity contribution is 6.27. The second-order valence-corrected chi connectivity index (χ2v) is 4.72. The molecule has 2 aromatic rings. The van der Waals surface area contributed by atoms with Gasteiger partial charge in [-0.1, -0.05) is 25.5 Å². The van der Waals surface area contributed by atoms with Crippen molar-refractivity contribution in [1.29, 1.82) is 0 Å². The molecule has 0 bridgehead atoms. The lowest BCUT2D eigenvalue weighted by atomic mass is 10.2. The van der Waals surface area contributed by atoms with Gasteiger partial charge in [0.05, 0.1) is 18.4 Å². The van der Waals surface area contributed by atoms with Crippen molar-refractivity contribution in [2.75, 3.05) is 7.11 Å². The Morgan fingerprint density at radius 2 is 1.83 bits per heavy atom. The lowest BCUT2D eigenvalue weighted by molar-refractivity contribution is -0.159. The Morgan fingerprint density at radius 3 is 2.35 bits per heavy atom. The van der Waals surface area contributed by atoms with Gasteiger partial charge in [0.1, 0.15) is 11.6 Å². The summed E-state index contributed by atoms with van der Waals surface area (Å²) in [6.07, 6.45) is 2.12. The van der Waals surface area contributed by atoms with Crippen LogP contribution < -0.4 is 4.74 Å². The van der Waals surface area contributed by atoms with Gasteiger partial charge in [-0.3, -0.25) is 0 Å². The van der Waals surface area contributed by atoms with Crippen LogP contribution in [0.4, 0.5) is 0 Å². The lowest BCUT2D eigenvalue weighted by Crippen LogP contribution is -2.09. The van der Waals surface area contributed by atoms with E-state index in [1.54, 1.807) is 7.11 Å². The number of rotatable bonds is 4. The number of aliphatic carboxylic acids is 2. The van der Waals surface area contributed by atoms with Gasteiger partial charge in [0.2, 0.25) is 0 Å². The number of aryl methyl sites for hydroxylation is 2. The molecule has 3 N–H and O–H groups in total. The molecule has 1 aromatic heterocycles. The largest absolute Gasteiger partial charge is 0.496 e. The number of H-pyrrole nitrogens is 1. The van der Waals surface area contributed by atoms with Crippen LogP contribution in [0.15, 0.2) is 24.3 Å². The predicted octanol–water partition coefficient (Wildman–Crippen LogP) is 2.50. The fourth-order valence-electron chi connectivity index (χ4n) is 1.94. The molecule has 0 spiro atoms. The van der Waals surface area contributed by atoms with E-state index in [1.165, 1.54) is 0 Å². The molecule has 0 aliphatic rings. The molecule has 23 heavy (non-hydrogen) atoms. The van der Waals surface area contributed by atoms with Gasteiger partial charge in [-0.25, -0.2) is 14.6 Å². The van der Waals surface area contributed by atoms with Gasteiger partial charge in [0, 0.05) is 5.69 Å². The first-order valence-corrected chi connectivity index (χ1v) is 7.05. The Bertz CT molecular complexity index is 667. The molecule has 0 radical (unpaired) electrons. The summed E-state index contributed by atoms with van der Waals surface area (Å²) in [5, 5.41) is 14.8. The molecular weight excluding hydrogens is 300 g/mol. The Labute approximate surface area is 134 Å². The fraction of sp³-hybridized carbons (Fsp3) is 0.312. The van der Waals surface area contributed by atoms with Gasteiger partial charge < -0.3 is 19.9 Å². The first kappa shape index (κ1) is 18.2. The summed E-state index contributed by atoms with van der Waals surface area (Å²) in [7, 11) is 1.68. The number of hydrogen-bond acceptors (Lipinski definition) is 4. The van der Waals surface area contributed by atoms with E-state index in [2.05, 4.69) is 23.8 Å². The molecule has 1 aromatic carbocycles. The number of carbonyl (C=O) groups is 2. The SMILES string of the molecule is CCCc1nc(-c2ccccc2OC)[nH]c1C.O=C(O)C(=O)O. The van der Waals surface area contributed by atoms with E-state index in [0.29, 0.717) is 0 Å². The van der Waals surface area contributed by atoms with E-state index < -0.39 is 11.9 Å². The first-order chi connectivity index (χ1) is 10.9. The minimum Gasteiger partial charge on any atom is -0.496 e. The Kier molecular flexibility index (Phi) is 6.79. The molecule has 0 saturated carbocycles. The third kappa shape index (κ3) is 5.14. The molecule has 7 heteroatoms. The van der Waals surface area contributed by atoms with Crippen molar-refractivity contribution < 1.29 is 24.5 Å². The Hall–Kier alpha value is -2.83. The summed E-state index contributed by atoms with van der Waals surface area (Å²) < 4.78 is 5.35. The number of carboxylic acid groups (broad SMARTS) is 2. The van der Waals surface area contributed by atoms with E-state index in [9.17, 15) is 0 Å². The number of para-hydroxylation sites is 1. The van der Waals surface area contributed by atoms with Crippen LogP contribution in [0.1, 0.15) is 24.7 Å². The van der Waals surface area contributed by atoms with Crippen LogP contribution in [0.3, 0.4) is 0 Å². The topological polar surface area (TPSA) is 113 Å². The number of aromatic nitrogens is 2. The molecule has 0 amide bonds. The van der Waals surface area contributed by atoms with Gasteiger partial charge >= 0.3 is 11.9 Å². The van der Waals surface area contributed by atoms with Crippen LogP contribution >= 0.6 is 0 Å². The average Bonchev–Trinajstić information content (AvgIpc) is 2.89. The van der Waals surface area contributed by atoms with Gasteiger partial charge in [-0.15, -0.1) is 0 Å². The summed E-state index contributed by atoms with van der Waals surface area (Å²) in [4.78, 5) is 26.2. The van der Waals surface area contributed by atoms with Gasteiger partial charge in [0.15, 0.2) is 0 Å². The summed E-state index contributed by atoms with van der Waals surface area (Å²) in [6.45, 7) is 4.23. The first-order valence-electron chi connectivity index (χ1n) is 7.05. The third-order valence-electron chi connectivity index (χ3n) is 3.02. The maximum atomic E-state index is 9.10. The molecule has 0 aliphatic carbocycles. The molecule has 0 unspecified atom stereocenters. The van der Waals surface area contributed by atoms with Crippen molar-refractivity contribution in [2.24, 2.45) is 0 Å². The number of aromatic amines is 1. The van der Waals surface area contributed by atoms with Gasteiger partial charge in [-0.2, -0.15) is 0 Å². The summed E-state index contributed by atoms with van der Waals surface area (Å²) in [5.74, 6) is -1.90. The number of methoxy groups -OCH3 is 1. The number of benzene rings is 1. The molecule has 7 nitrogen and oxygen atoms in total. The molecule has 0 saturated heterocycles. The fourth-order valence-corrected chi connectivity index (χ4v) is 1.94. The molecule has 0 fully saturated rings. The zero-order valence-corrected chi connectivity index (χ0v) is 13.3. The molecule has 124 valence electrons. The van der Waals surface area contributed by atoms with E-state index in [1.807, 2.05) is 24.3 Å². The monoisotopic (exact) mass is 320 g/mol. The smallest absolute Gasteiger partial charge is 0.414 e. The second kappa shape index (κ2) is 8.57. The van der Waals surface area contributed by atoms with Crippen molar-refractivity contribution in [1.82, 2.24) is 9.97 Å². The number of hydrogen-bond donors (Lipinski definition) is 3. The van der Waals surface area contributed by atoms with Crippen LogP contribution in [0.2, 0.25) is 0 Å². The Balaban J connectivity index is 0.000000379.